The molecule has 0 N–H and O–H groups in total. The average Bonchev–Trinajstić information content (AvgIpc) is 3.31. The summed E-state index contributed by atoms with van der Waals surface area (Å²) in [6, 6.07) is 10.5. The van der Waals surface area contributed by atoms with Crippen LogP contribution >= 0.6 is 11.3 Å². The van der Waals surface area contributed by atoms with Crippen molar-refractivity contribution >= 4 is 52.5 Å². The number of hydrogen-bond acceptors (Lipinski definition) is 10. The van der Waals surface area contributed by atoms with Gasteiger partial charge in [0.1, 0.15) is 0 Å². The van der Waals surface area contributed by atoms with Gasteiger partial charge in [0.05, 0.1) is 33.2 Å². The summed E-state index contributed by atoms with van der Waals surface area (Å²) >= 11 is 1.22. The van der Waals surface area contributed by atoms with E-state index in [1.54, 1.807) is 12.1 Å². The molecule has 0 spiro atoms. The average molecular weight is 599 g/mol. The number of benzene rings is 2. The van der Waals surface area contributed by atoms with Crippen molar-refractivity contribution in [3.63, 3.8) is 0 Å². The van der Waals surface area contributed by atoms with E-state index in [9.17, 15) is 21.6 Å². The summed E-state index contributed by atoms with van der Waals surface area (Å²) in [4.78, 5) is 21.9. The molecule has 3 aromatic rings. The van der Waals surface area contributed by atoms with Crippen LogP contribution in [-0.4, -0.2) is 111 Å². The first kappa shape index (κ1) is 31.1. The summed E-state index contributed by atoms with van der Waals surface area (Å²) in [6.07, 6.45) is 1.14. The number of methoxy groups -OCH3 is 2. The van der Waals surface area contributed by atoms with Gasteiger partial charge in [0.25, 0.3) is 5.91 Å². The van der Waals surface area contributed by atoms with E-state index in [0.717, 1.165) is 6.26 Å². The maximum atomic E-state index is 13.6. The van der Waals surface area contributed by atoms with Crippen LogP contribution in [0.1, 0.15) is 10.4 Å². The molecular weight excluding hydrogens is 564 g/mol. The van der Waals surface area contributed by atoms with Crippen molar-refractivity contribution in [1.82, 2.24) is 14.2 Å². The molecule has 1 aromatic heterocycles. The van der Waals surface area contributed by atoms with Crippen LogP contribution in [0.5, 0.6) is 0 Å². The highest BCUT2D eigenvalue weighted by Gasteiger charge is 2.26. The van der Waals surface area contributed by atoms with Crippen molar-refractivity contribution in [2.45, 2.75) is 9.79 Å². The second-order valence-corrected chi connectivity index (χ2v) is 14.0. The van der Waals surface area contributed by atoms with Crippen LogP contribution in [0, 0.1) is 0 Å². The molecule has 2 aromatic carbocycles. The van der Waals surface area contributed by atoms with Crippen LogP contribution in [0.4, 0.5) is 5.13 Å². The molecule has 0 saturated heterocycles. The minimum absolute atomic E-state index is 0.0550. The van der Waals surface area contributed by atoms with Gasteiger partial charge in [-0.25, -0.2) is 21.8 Å². The second kappa shape index (κ2) is 13.3. The highest BCUT2D eigenvalue weighted by Crippen LogP contribution is 2.31. The number of carbonyl (C=O) groups is 1. The molecule has 0 fully saturated rings. The molecule has 0 radical (unpaired) electrons. The van der Waals surface area contributed by atoms with Crippen molar-refractivity contribution in [3.05, 3.63) is 48.0 Å². The van der Waals surface area contributed by atoms with Crippen molar-refractivity contribution in [2.24, 2.45) is 0 Å². The Morgan fingerprint density at radius 3 is 2.00 bits per heavy atom. The molecule has 39 heavy (non-hydrogen) atoms. The van der Waals surface area contributed by atoms with Crippen molar-refractivity contribution in [1.29, 1.82) is 0 Å². The first-order valence-electron chi connectivity index (χ1n) is 12.0. The molecule has 0 saturated carbocycles. The summed E-state index contributed by atoms with van der Waals surface area (Å²) in [5, 5.41) is 0.421. The Morgan fingerprint density at radius 2 is 1.46 bits per heavy atom. The zero-order valence-electron chi connectivity index (χ0n) is 22.7. The van der Waals surface area contributed by atoms with E-state index in [2.05, 4.69) is 4.98 Å². The Balaban J connectivity index is 1.93. The number of ether oxygens (including phenoxy) is 2. The second-order valence-electron chi connectivity index (χ2n) is 9.07. The van der Waals surface area contributed by atoms with Crippen LogP contribution < -0.4 is 4.90 Å². The molecule has 1 amide bonds. The number of rotatable bonds is 14. The van der Waals surface area contributed by atoms with E-state index in [4.69, 9.17) is 9.47 Å². The first-order chi connectivity index (χ1) is 18.4. The Kier molecular flexibility index (Phi) is 10.6. The molecule has 0 atom stereocenters. The number of sulfone groups is 1. The number of anilines is 1. The lowest BCUT2D eigenvalue weighted by atomic mass is 10.2. The van der Waals surface area contributed by atoms with Gasteiger partial charge < -0.3 is 14.4 Å². The molecule has 14 heteroatoms. The van der Waals surface area contributed by atoms with Gasteiger partial charge >= 0.3 is 0 Å². The third-order valence-corrected chi connectivity index (χ3v) is 9.92. The fraction of sp³-hybridized carbons (Fsp3) is 0.440. The summed E-state index contributed by atoms with van der Waals surface area (Å²) in [5.74, 6) is -0.348. The molecule has 11 nitrogen and oxygen atoms in total. The summed E-state index contributed by atoms with van der Waals surface area (Å²) < 4.78 is 62.4. The maximum absolute atomic E-state index is 13.6. The first-order valence-corrected chi connectivity index (χ1v) is 16.2. The van der Waals surface area contributed by atoms with Crippen LogP contribution in [0.15, 0.2) is 52.3 Å². The van der Waals surface area contributed by atoms with Gasteiger partial charge in [0, 0.05) is 52.2 Å². The zero-order chi connectivity index (χ0) is 28.8. The number of hydrogen-bond donors (Lipinski definition) is 0. The van der Waals surface area contributed by atoms with E-state index >= 15 is 0 Å². The van der Waals surface area contributed by atoms with Gasteiger partial charge in [0.2, 0.25) is 10.0 Å². The number of aromatic nitrogens is 1. The number of carbonyl (C=O) groups excluding carboxylic acids is 1. The van der Waals surface area contributed by atoms with Crippen molar-refractivity contribution in [3.8, 4) is 0 Å². The number of sulfonamides is 1. The standard InChI is InChI=1S/C25H34N4O7S3/c1-27(2)12-13-29(25-26-22-11-10-21(38(5,31)32)18-23(22)37-25)24(30)19-6-8-20(9-7-19)39(33,34)28(14-16-35-3)15-17-36-4/h6-11,18H,12-17H2,1-5H3. The molecule has 214 valence electrons. The number of thiazole rings is 1. The Morgan fingerprint density at radius 1 is 0.872 bits per heavy atom. The van der Waals surface area contributed by atoms with E-state index < -0.39 is 19.9 Å². The van der Waals surface area contributed by atoms with Crippen molar-refractivity contribution < 1.29 is 31.1 Å². The Hall–Kier alpha value is -2.46. The predicted octanol–water partition coefficient (Wildman–Crippen LogP) is 2.19. The van der Waals surface area contributed by atoms with Crippen LogP contribution in [-0.2, 0) is 29.3 Å². The topological polar surface area (TPSA) is 126 Å². The monoisotopic (exact) mass is 598 g/mol. The van der Waals surface area contributed by atoms with Gasteiger partial charge in [-0.2, -0.15) is 4.31 Å². The van der Waals surface area contributed by atoms with E-state index in [0.29, 0.717) is 34.0 Å². The van der Waals surface area contributed by atoms with E-state index in [-0.39, 0.29) is 42.0 Å². The fourth-order valence-corrected chi connectivity index (χ4v) is 6.79. The molecule has 1 heterocycles. The third-order valence-electron chi connectivity index (χ3n) is 5.85. The van der Waals surface area contributed by atoms with E-state index in [1.807, 2.05) is 19.0 Å². The smallest absolute Gasteiger partial charge is 0.260 e. The Bertz CT molecular complexity index is 1480. The van der Waals surface area contributed by atoms with Crippen LogP contribution in [0.25, 0.3) is 10.2 Å². The third kappa shape index (κ3) is 7.81. The lowest BCUT2D eigenvalue weighted by Gasteiger charge is -2.23. The van der Waals surface area contributed by atoms with Gasteiger partial charge in [-0.05, 0) is 56.6 Å². The highest BCUT2D eigenvalue weighted by molar-refractivity contribution is 7.90. The van der Waals surface area contributed by atoms with Gasteiger partial charge in [0.15, 0.2) is 15.0 Å². The Labute approximate surface area is 233 Å². The molecule has 0 aliphatic carbocycles. The van der Waals surface area contributed by atoms with Gasteiger partial charge in [-0.3, -0.25) is 9.69 Å². The molecule has 0 aliphatic rings. The fourth-order valence-electron chi connectivity index (χ4n) is 3.64. The normalized spacial score (nSPS) is 12.5. The number of nitrogens with zero attached hydrogens (tertiary/aromatic N) is 4. The lowest BCUT2D eigenvalue weighted by Crippen LogP contribution is -2.37. The molecule has 3 rings (SSSR count). The minimum atomic E-state index is -3.83. The lowest BCUT2D eigenvalue weighted by molar-refractivity contribution is 0.0985. The molecule has 0 bridgehead atoms. The quantitative estimate of drug-likeness (QED) is 0.274. The zero-order valence-corrected chi connectivity index (χ0v) is 25.1. The van der Waals surface area contributed by atoms with Gasteiger partial charge in [-0.15, -0.1) is 0 Å². The van der Waals surface area contributed by atoms with Gasteiger partial charge in [-0.1, -0.05) is 11.3 Å². The summed E-state index contributed by atoms with van der Waals surface area (Å²) in [5.41, 5.74) is 0.878. The molecule has 0 unspecified atom stereocenters. The highest BCUT2D eigenvalue weighted by atomic mass is 32.2. The molecular formula is C25H34N4O7S3. The van der Waals surface area contributed by atoms with Crippen LogP contribution in [0.2, 0.25) is 0 Å². The molecule has 0 aliphatic heterocycles. The number of amides is 1. The summed E-state index contributed by atoms with van der Waals surface area (Å²) in [7, 11) is -0.454. The predicted molar refractivity (Wildman–Crippen MR) is 152 cm³/mol. The minimum Gasteiger partial charge on any atom is -0.383 e. The van der Waals surface area contributed by atoms with Crippen LogP contribution in [0.3, 0.4) is 0 Å². The SMILES string of the molecule is COCCN(CCOC)S(=O)(=O)c1ccc(C(=O)N(CCN(C)C)c2nc3ccc(S(C)(=O)=O)cc3s2)cc1. The number of fused-ring (bicyclic) bond motifs is 1. The summed E-state index contributed by atoms with van der Waals surface area (Å²) in [6.45, 7) is 1.67. The van der Waals surface area contributed by atoms with Crippen molar-refractivity contribution in [2.75, 3.05) is 78.9 Å². The van der Waals surface area contributed by atoms with E-state index in [1.165, 1.54) is 65.1 Å². The maximum Gasteiger partial charge on any atom is 0.260 e. The largest absolute Gasteiger partial charge is 0.383 e. The number of likely N-dealkylation sites (N-methyl/N-ethyl adjacent to an activating group) is 1.